The Kier molecular flexibility index (Phi) is 6.31. The van der Waals surface area contributed by atoms with Crippen LogP contribution in [0.1, 0.15) is 5.56 Å². The Balaban J connectivity index is 1.90. The number of ether oxygens (including phenoxy) is 1. The quantitative estimate of drug-likeness (QED) is 0.587. The van der Waals surface area contributed by atoms with Gasteiger partial charge in [-0.2, -0.15) is 0 Å². The molecule has 2 aromatic carbocycles. The molecular formula is C20H20N2O5S2. The topological polar surface area (TPSA) is 102 Å². The first-order valence-electron chi connectivity index (χ1n) is 8.71. The van der Waals surface area contributed by atoms with Crippen LogP contribution in [0.2, 0.25) is 0 Å². The van der Waals surface area contributed by atoms with Gasteiger partial charge in [0.15, 0.2) is 0 Å². The molecule has 0 amide bonds. The Morgan fingerprint density at radius 2 is 1.59 bits per heavy atom. The van der Waals surface area contributed by atoms with Gasteiger partial charge in [-0.1, -0.05) is 18.2 Å². The molecule has 0 fully saturated rings. The summed E-state index contributed by atoms with van der Waals surface area (Å²) < 4.78 is 59.0. The zero-order valence-electron chi connectivity index (χ0n) is 15.6. The minimum absolute atomic E-state index is 0.0634. The predicted octanol–water partition coefficient (Wildman–Crippen LogP) is 2.44. The number of aromatic nitrogens is 1. The van der Waals surface area contributed by atoms with E-state index in [2.05, 4.69) is 9.71 Å². The van der Waals surface area contributed by atoms with Gasteiger partial charge in [-0.15, -0.1) is 0 Å². The van der Waals surface area contributed by atoms with Crippen molar-refractivity contribution < 1.29 is 21.6 Å². The van der Waals surface area contributed by atoms with Crippen LogP contribution in [0.25, 0.3) is 0 Å². The van der Waals surface area contributed by atoms with E-state index in [0.717, 1.165) is 11.6 Å². The maximum Gasteiger partial charge on any atom is 0.244 e. The molecular weight excluding hydrogens is 412 g/mol. The third kappa shape index (κ3) is 4.81. The van der Waals surface area contributed by atoms with Gasteiger partial charge in [-0.3, -0.25) is 4.98 Å². The van der Waals surface area contributed by atoms with Crippen molar-refractivity contribution in [1.29, 1.82) is 0 Å². The predicted molar refractivity (Wildman–Crippen MR) is 108 cm³/mol. The molecule has 0 atom stereocenters. The second-order valence-corrected chi connectivity index (χ2v) is 9.82. The van der Waals surface area contributed by atoms with Crippen LogP contribution >= 0.6 is 0 Å². The van der Waals surface area contributed by atoms with Crippen molar-refractivity contribution in [3.05, 3.63) is 78.6 Å². The number of nitrogens with one attached hydrogen (secondary N) is 1. The molecule has 0 unspecified atom stereocenters. The molecule has 152 valence electrons. The fourth-order valence-corrected chi connectivity index (χ4v) is 5.33. The fraction of sp³-hybridized carbons (Fsp3) is 0.150. The number of methoxy groups -OCH3 is 1. The number of sulfone groups is 1. The molecule has 9 heteroatoms. The first-order valence-corrected chi connectivity index (χ1v) is 11.7. The van der Waals surface area contributed by atoms with E-state index < -0.39 is 19.9 Å². The van der Waals surface area contributed by atoms with Crippen LogP contribution < -0.4 is 9.46 Å². The van der Waals surface area contributed by atoms with Crippen molar-refractivity contribution in [2.24, 2.45) is 0 Å². The second kappa shape index (κ2) is 8.73. The summed E-state index contributed by atoms with van der Waals surface area (Å²) in [6, 6.07) is 15.2. The molecule has 29 heavy (non-hydrogen) atoms. The van der Waals surface area contributed by atoms with E-state index in [1.54, 1.807) is 42.7 Å². The van der Waals surface area contributed by atoms with E-state index in [0.29, 0.717) is 6.42 Å². The lowest BCUT2D eigenvalue weighted by Gasteiger charge is -2.13. The van der Waals surface area contributed by atoms with Crippen molar-refractivity contribution in [3.8, 4) is 5.75 Å². The molecule has 0 radical (unpaired) electrons. The van der Waals surface area contributed by atoms with Gasteiger partial charge in [0.05, 0.1) is 16.9 Å². The standard InChI is InChI=1S/C20H20N2O5S2/c1-27-19-8-7-18(28(23,24)17-5-3-2-4-6-17)15-20(19)29(25,26)22-14-11-16-9-12-21-13-10-16/h2-10,12-13,15,22H,11,14H2,1H3. The molecule has 1 aromatic heterocycles. The van der Waals surface area contributed by atoms with Gasteiger partial charge in [-0.05, 0) is 54.4 Å². The molecule has 0 bridgehead atoms. The number of benzene rings is 2. The summed E-state index contributed by atoms with van der Waals surface area (Å²) in [5, 5.41) is 0. The van der Waals surface area contributed by atoms with Gasteiger partial charge in [0, 0.05) is 18.9 Å². The number of nitrogens with zero attached hydrogens (tertiary/aromatic N) is 1. The largest absolute Gasteiger partial charge is 0.495 e. The third-order valence-corrected chi connectivity index (χ3v) is 7.49. The number of rotatable bonds is 8. The summed E-state index contributed by atoms with van der Waals surface area (Å²) in [5.41, 5.74) is 0.926. The van der Waals surface area contributed by atoms with Crippen LogP contribution in [0.5, 0.6) is 5.75 Å². The molecule has 7 nitrogen and oxygen atoms in total. The molecule has 0 saturated heterocycles. The SMILES string of the molecule is COc1ccc(S(=O)(=O)c2ccccc2)cc1S(=O)(=O)NCCc1ccncc1. The van der Waals surface area contributed by atoms with Crippen LogP contribution in [-0.2, 0) is 26.3 Å². The Hall–Kier alpha value is -2.75. The first-order chi connectivity index (χ1) is 13.8. The number of hydrogen-bond donors (Lipinski definition) is 1. The van der Waals surface area contributed by atoms with Gasteiger partial charge < -0.3 is 4.74 Å². The summed E-state index contributed by atoms with van der Waals surface area (Å²) >= 11 is 0. The molecule has 3 aromatic rings. The summed E-state index contributed by atoms with van der Waals surface area (Å²) in [6.07, 6.45) is 3.72. The van der Waals surface area contributed by atoms with Crippen LogP contribution in [0, 0.1) is 0 Å². The summed E-state index contributed by atoms with van der Waals surface area (Å²) in [5.74, 6) is 0.0634. The summed E-state index contributed by atoms with van der Waals surface area (Å²) in [7, 11) is -6.53. The Bertz CT molecular complexity index is 1180. The van der Waals surface area contributed by atoms with E-state index in [1.807, 2.05) is 0 Å². The molecule has 0 aliphatic rings. The maximum absolute atomic E-state index is 12.8. The lowest BCUT2D eigenvalue weighted by atomic mass is 10.2. The van der Waals surface area contributed by atoms with Crippen molar-refractivity contribution in [3.63, 3.8) is 0 Å². The monoisotopic (exact) mass is 432 g/mol. The van der Waals surface area contributed by atoms with Crippen molar-refractivity contribution >= 4 is 19.9 Å². The Labute approximate surface area is 170 Å². The van der Waals surface area contributed by atoms with Crippen molar-refractivity contribution in [2.75, 3.05) is 13.7 Å². The van der Waals surface area contributed by atoms with Crippen molar-refractivity contribution in [2.45, 2.75) is 21.1 Å². The minimum atomic E-state index is -3.99. The van der Waals surface area contributed by atoms with Crippen LogP contribution in [0.15, 0.2) is 87.7 Å². The molecule has 1 heterocycles. The maximum atomic E-state index is 12.8. The second-order valence-electron chi connectivity index (χ2n) is 6.13. The van der Waals surface area contributed by atoms with Gasteiger partial charge in [0.2, 0.25) is 19.9 Å². The molecule has 3 rings (SSSR count). The van der Waals surface area contributed by atoms with Crippen LogP contribution in [0.4, 0.5) is 0 Å². The molecule has 0 aliphatic heterocycles. The Morgan fingerprint density at radius 1 is 0.897 bits per heavy atom. The summed E-state index contributed by atoms with van der Waals surface area (Å²) in [6.45, 7) is 0.144. The van der Waals surface area contributed by atoms with Crippen molar-refractivity contribution in [1.82, 2.24) is 9.71 Å². The Morgan fingerprint density at radius 3 is 2.24 bits per heavy atom. The molecule has 1 N–H and O–H groups in total. The number of sulfonamides is 1. The molecule has 0 saturated carbocycles. The zero-order chi connectivity index (χ0) is 20.9. The zero-order valence-corrected chi connectivity index (χ0v) is 17.3. The highest BCUT2D eigenvalue weighted by molar-refractivity contribution is 7.91. The van der Waals surface area contributed by atoms with E-state index in [4.69, 9.17) is 4.74 Å². The first kappa shape index (κ1) is 21.0. The average molecular weight is 433 g/mol. The number of pyridine rings is 1. The lowest BCUT2D eigenvalue weighted by molar-refractivity contribution is 0.401. The van der Waals surface area contributed by atoms with Gasteiger partial charge in [0.25, 0.3) is 0 Å². The van der Waals surface area contributed by atoms with E-state index in [1.165, 1.54) is 31.4 Å². The third-order valence-electron chi connectivity index (χ3n) is 4.24. The highest BCUT2D eigenvalue weighted by Crippen LogP contribution is 2.29. The lowest BCUT2D eigenvalue weighted by Crippen LogP contribution is -2.26. The van der Waals surface area contributed by atoms with Gasteiger partial charge in [-0.25, -0.2) is 21.6 Å². The number of hydrogen-bond acceptors (Lipinski definition) is 6. The van der Waals surface area contributed by atoms with Gasteiger partial charge in [0.1, 0.15) is 10.6 Å². The normalized spacial score (nSPS) is 11.9. The minimum Gasteiger partial charge on any atom is -0.495 e. The summed E-state index contributed by atoms with van der Waals surface area (Å²) in [4.78, 5) is 3.64. The smallest absolute Gasteiger partial charge is 0.244 e. The van der Waals surface area contributed by atoms with Gasteiger partial charge >= 0.3 is 0 Å². The van der Waals surface area contributed by atoms with E-state index >= 15 is 0 Å². The van der Waals surface area contributed by atoms with Crippen LogP contribution in [-0.4, -0.2) is 35.5 Å². The molecule has 0 spiro atoms. The van der Waals surface area contributed by atoms with Crippen LogP contribution in [0.3, 0.4) is 0 Å². The van der Waals surface area contributed by atoms with E-state index in [-0.39, 0.29) is 27.0 Å². The highest BCUT2D eigenvalue weighted by atomic mass is 32.2. The fourth-order valence-electron chi connectivity index (χ4n) is 2.73. The molecule has 0 aliphatic carbocycles. The van der Waals surface area contributed by atoms with E-state index in [9.17, 15) is 16.8 Å². The highest BCUT2D eigenvalue weighted by Gasteiger charge is 2.24. The average Bonchev–Trinajstić information content (AvgIpc) is 2.74.